The number of aliphatic hydroxyl groups is 1. The molecule has 50 heavy (non-hydrogen) atoms. The van der Waals surface area contributed by atoms with Crippen LogP contribution in [0.25, 0.3) is 55.0 Å². The maximum absolute atomic E-state index is 12.2. The number of hydrogen-bond donors (Lipinski definition) is 1. The fourth-order valence-electron chi connectivity index (χ4n) is 6.30. The Hall–Kier alpha value is -3.39. The normalized spacial score (nSPS) is 12.6. The molecule has 8 heteroatoms. The van der Waals surface area contributed by atoms with Crippen LogP contribution in [0.2, 0.25) is 17.3 Å². The number of allylic oxidation sites excluding steroid dienone is 2. The second kappa shape index (κ2) is 15.5. The average Bonchev–Trinajstić information content (AvgIpc) is 3.47. The monoisotopic (exact) mass is 911 g/mol. The molecule has 0 atom stereocenters. The largest absolute Gasteiger partial charge is 0 e. The first-order valence-electron chi connectivity index (χ1n) is 17.5. The van der Waals surface area contributed by atoms with Crippen molar-refractivity contribution in [2.45, 2.75) is 91.4 Å². The van der Waals surface area contributed by atoms with Crippen LogP contribution >= 0.6 is 0 Å². The van der Waals surface area contributed by atoms with Crippen LogP contribution in [-0.4, -0.2) is 39.1 Å². The minimum absolute atomic E-state index is 0. The van der Waals surface area contributed by atoms with Gasteiger partial charge in [0.2, 0.25) is 0 Å². The second-order valence-corrected chi connectivity index (χ2v) is 25.3. The molecule has 6 nitrogen and oxygen atoms in total. The number of benzene rings is 3. The molecule has 3 aromatic heterocycles. The molecule has 6 aromatic rings. The molecular weight excluding hydrogens is 859 g/mol. The molecular formula is C42H50GeIrN3O3-. The van der Waals surface area contributed by atoms with Gasteiger partial charge in [-0.2, -0.15) is 0 Å². The number of aromatic nitrogens is 3. The number of carbonyl (C=O) groups is 1. The van der Waals surface area contributed by atoms with E-state index in [1.807, 2.05) is 66.7 Å². The van der Waals surface area contributed by atoms with Crippen LogP contribution in [0.4, 0.5) is 0 Å². The molecule has 265 valence electrons. The second-order valence-electron chi connectivity index (χ2n) is 14.8. The van der Waals surface area contributed by atoms with E-state index in [0.29, 0.717) is 5.71 Å². The van der Waals surface area contributed by atoms with Crippen LogP contribution < -0.4 is 4.40 Å². The molecule has 1 N–H and O–H groups in total. The zero-order valence-corrected chi connectivity index (χ0v) is 35.6. The van der Waals surface area contributed by atoms with E-state index in [4.69, 9.17) is 14.4 Å². The topological polar surface area (TPSA) is 89.1 Å². The summed E-state index contributed by atoms with van der Waals surface area (Å²) in [5.74, 6) is 7.56. The molecule has 0 aliphatic rings. The summed E-state index contributed by atoms with van der Waals surface area (Å²) in [5, 5.41) is 15.7. The maximum atomic E-state index is 12.2. The van der Waals surface area contributed by atoms with E-state index in [1.54, 1.807) is 6.33 Å². The average molecular weight is 910 g/mol. The molecule has 6 rings (SSSR count). The first-order valence-corrected chi connectivity index (χ1v) is 24.9. The zero-order chi connectivity index (χ0) is 35.7. The summed E-state index contributed by atoms with van der Waals surface area (Å²) < 4.78 is 7.70. The van der Waals surface area contributed by atoms with E-state index in [-0.39, 0.29) is 42.5 Å². The van der Waals surface area contributed by atoms with Crippen molar-refractivity contribution in [1.82, 2.24) is 15.0 Å². The molecule has 3 heterocycles. The predicted octanol–water partition coefficient (Wildman–Crippen LogP) is 11.0. The molecule has 0 amide bonds. The van der Waals surface area contributed by atoms with Crippen molar-refractivity contribution in [1.29, 1.82) is 0 Å². The number of hydrogen-bond acceptors (Lipinski definition) is 6. The molecule has 3 aromatic carbocycles. The molecule has 1 radical (unpaired) electrons. The third-order valence-corrected chi connectivity index (χ3v) is 15.0. The number of aryl methyl sites for hydroxylation is 1. The van der Waals surface area contributed by atoms with Crippen LogP contribution in [0.5, 0.6) is 0 Å². The van der Waals surface area contributed by atoms with E-state index in [9.17, 15) is 9.90 Å². The van der Waals surface area contributed by atoms with Crippen LogP contribution in [0, 0.1) is 23.8 Å². The molecule has 0 aliphatic carbocycles. The maximum Gasteiger partial charge on any atom is 0 e. The van der Waals surface area contributed by atoms with Gasteiger partial charge in [-0.3, -0.25) is 4.79 Å². The Bertz CT molecular complexity index is 2190. The zero-order valence-electron chi connectivity index (χ0n) is 31.1. The van der Waals surface area contributed by atoms with Gasteiger partial charge in [-0.25, -0.2) is 0 Å². The van der Waals surface area contributed by atoms with Crippen LogP contribution in [0.15, 0.2) is 77.2 Å². The van der Waals surface area contributed by atoms with E-state index >= 15 is 0 Å². The fourth-order valence-corrected chi connectivity index (χ4v) is 9.67. The number of aliphatic hydroxyl groups excluding tert-OH is 1. The fraction of sp³-hybridized carbons (Fsp3) is 0.381. The van der Waals surface area contributed by atoms with Gasteiger partial charge >= 0.3 is 189 Å². The Labute approximate surface area is 312 Å². The molecule has 0 bridgehead atoms. The third kappa shape index (κ3) is 7.47. The van der Waals surface area contributed by atoms with Gasteiger partial charge in [-0.05, 0) is 25.7 Å². The summed E-state index contributed by atoms with van der Waals surface area (Å²) in [7, 11) is 0. The SMILES string of the molecule is CCC(C)(CC)C(=O)/C=C(\O)C(C)(CC)CC.Cc1ccc2c(n1)oc1c(-c3ncnc4c3ccc3ccc[c]([Ge]([CH3])([CH3])[CH3])c34)[c-]ccc12.[Ir]. The number of nitrogens with zero attached hydrogens (tertiary/aromatic N) is 3. The number of furan rings is 1. The summed E-state index contributed by atoms with van der Waals surface area (Å²) in [6.07, 6.45) is 6.42. The molecule has 0 spiro atoms. The Balaban J connectivity index is 0.000000269. The minimum Gasteiger partial charge on any atom is 0 e. The third-order valence-electron chi connectivity index (χ3n) is 10.7. The number of ketones is 1. The van der Waals surface area contributed by atoms with Gasteiger partial charge in [0, 0.05) is 37.0 Å². The van der Waals surface area contributed by atoms with Gasteiger partial charge in [0.05, 0.1) is 0 Å². The van der Waals surface area contributed by atoms with Gasteiger partial charge in [0.25, 0.3) is 0 Å². The molecule has 0 fully saturated rings. The van der Waals surface area contributed by atoms with Crippen molar-refractivity contribution in [3.8, 4) is 11.3 Å². The Kier molecular flexibility index (Phi) is 12.2. The molecule has 0 saturated carbocycles. The summed E-state index contributed by atoms with van der Waals surface area (Å²) >= 11 is -2.13. The van der Waals surface area contributed by atoms with Crippen LogP contribution in [0.3, 0.4) is 0 Å². The number of carbonyl (C=O) groups excluding carboxylic acids is 1. The number of fused-ring (bicyclic) bond motifs is 6. The Morgan fingerprint density at radius 1 is 0.880 bits per heavy atom. The van der Waals surface area contributed by atoms with Crippen molar-refractivity contribution in [3.63, 3.8) is 0 Å². The van der Waals surface area contributed by atoms with Crippen LogP contribution in [0.1, 0.15) is 72.9 Å². The number of rotatable bonds is 9. The van der Waals surface area contributed by atoms with E-state index < -0.39 is 13.3 Å². The summed E-state index contributed by atoms with van der Waals surface area (Å²) in [5.41, 5.74) is 4.43. The quantitative estimate of drug-likeness (QED) is 0.0511. The van der Waals surface area contributed by atoms with Gasteiger partial charge < -0.3 is 5.11 Å². The summed E-state index contributed by atoms with van der Waals surface area (Å²) in [6, 6.07) is 22.4. The van der Waals surface area contributed by atoms with Crippen molar-refractivity contribution in [2.24, 2.45) is 10.8 Å². The Morgan fingerprint density at radius 2 is 1.54 bits per heavy atom. The first-order chi connectivity index (χ1) is 23.2. The van der Waals surface area contributed by atoms with Gasteiger partial charge in [0.15, 0.2) is 5.78 Å². The predicted molar refractivity (Wildman–Crippen MR) is 207 cm³/mol. The number of pyridine rings is 1. The van der Waals surface area contributed by atoms with Crippen molar-refractivity contribution in [3.05, 3.63) is 84.5 Å². The van der Waals surface area contributed by atoms with Crippen molar-refractivity contribution >= 4 is 67.2 Å². The van der Waals surface area contributed by atoms with Crippen LogP contribution in [-0.2, 0) is 24.9 Å². The Morgan fingerprint density at radius 3 is 2.18 bits per heavy atom. The van der Waals surface area contributed by atoms with Gasteiger partial charge in [-0.15, -0.1) is 0 Å². The van der Waals surface area contributed by atoms with Crippen molar-refractivity contribution in [2.75, 3.05) is 0 Å². The van der Waals surface area contributed by atoms with Gasteiger partial charge in [0.1, 0.15) is 5.76 Å². The van der Waals surface area contributed by atoms with E-state index in [2.05, 4.69) is 64.7 Å². The minimum atomic E-state index is -2.13. The molecule has 0 saturated heterocycles. The first kappa shape index (κ1) is 39.4. The van der Waals surface area contributed by atoms with Crippen molar-refractivity contribution < 1.29 is 34.4 Å². The van der Waals surface area contributed by atoms with E-state index in [0.717, 1.165) is 69.9 Å². The summed E-state index contributed by atoms with van der Waals surface area (Å²) in [6.45, 7) is 14.1. The van der Waals surface area contributed by atoms with E-state index in [1.165, 1.54) is 21.2 Å². The van der Waals surface area contributed by atoms with Gasteiger partial charge in [-0.1, -0.05) is 41.5 Å². The molecule has 0 aliphatic heterocycles. The smallest absolute Gasteiger partial charge is 0 e. The molecule has 0 unspecified atom stereocenters. The standard InChI is InChI=1S/C27H22GeN3O.C15H28O2.Ir/c1-16-11-13-19-18-8-6-9-21(26(18)32-27(19)31-16)24-20-14-12-17-7-5-10-22(28(2,3)4)23(17)25(20)30-15-29-24;1-7-14(5,8-2)12(16)11-13(17)15(6,9-3)10-4;/h5-8,10-15H,1-4H3;11,16H,7-10H2,1-6H3;/q-1;;/b;12-11-;. The summed E-state index contributed by atoms with van der Waals surface area (Å²) in [4.78, 5) is 26.2.